The molecule has 1 aromatic heterocycles. The van der Waals surface area contributed by atoms with Gasteiger partial charge in [0.05, 0.1) is 0 Å². The van der Waals surface area contributed by atoms with E-state index in [4.69, 9.17) is 0 Å². The van der Waals surface area contributed by atoms with Crippen LogP contribution in [0.2, 0.25) is 0 Å². The number of carbonyl (C=O) groups excluding carboxylic acids is 2. The highest BCUT2D eigenvalue weighted by Crippen LogP contribution is 2.20. The summed E-state index contributed by atoms with van der Waals surface area (Å²) in [4.78, 5) is 31.9. The minimum absolute atomic E-state index is 0.0263. The lowest BCUT2D eigenvalue weighted by atomic mass is 9.96. The minimum atomic E-state index is -0.145. The fourth-order valence-corrected chi connectivity index (χ4v) is 2.79. The van der Waals surface area contributed by atoms with E-state index >= 15 is 0 Å². The number of hydrogen-bond acceptors (Lipinski definition) is 3. The number of nitrogens with zero attached hydrogens (tertiary/aromatic N) is 3. The molecule has 3 amide bonds. The third-order valence-corrected chi connectivity index (χ3v) is 3.90. The third-order valence-electron chi connectivity index (χ3n) is 3.90. The van der Waals surface area contributed by atoms with Gasteiger partial charge in [-0.2, -0.15) is 0 Å². The summed E-state index contributed by atoms with van der Waals surface area (Å²) >= 11 is 0. The van der Waals surface area contributed by atoms with E-state index in [0.717, 1.165) is 11.3 Å². The molecular weight excluding hydrogens is 280 g/mol. The van der Waals surface area contributed by atoms with E-state index < -0.39 is 0 Å². The van der Waals surface area contributed by atoms with Gasteiger partial charge in [-0.1, -0.05) is 0 Å². The quantitative estimate of drug-likeness (QED) is 0.909. The van der Waals surface area contributed by atoms with E-state index in [0.29, 0.717) is 31.7 Å². The molecule has 1 aliphatic rings. The summed E-state index contributed by atoms with van der Waals surface area (Å²) in [5, 5.41) is 2.84. The van der Waals surface area contributed by atoms with Crippen LogP contribution in [0.5, 0.6) is 0 Å². The molecule has 0 unspecified atom stereocenters. The van der Waals surface area contributed by atoms with Crippen molar-refractivity contribution < 1.29 is 9.59 Å². The van der Waals surface area contributed by atoms with Crippen LogP contribution in [0.3, 0.4) is 0 Å². The van der Waals surface area contributed by atoms with Gasteiger partial charge < -0.3 is 9.80 Å². The number of carbonyl (C=O) groups is 2. The first-order chi connectivity index (χ1) is 10.4. The van der Waals surface area contributed by atoms with Crippen molar-refractivity contribution in [2.75, 3.05) is 32.5 Å². The fourth-order valence-electron chi connectivity index (χ4n) is 2.79. The summed E-state index contributed by atoms with van der Waals surface area (Å²) in [6.45, 7) is 5.07. The Hall–Kier alpha value is -2.11. The maximum atomic E-state index is 12.3. The lowest BCUT2D eigenvalue weighted by Gasteiger charge is -2.32. The number of piperidine rings is 1. The smallest absolute Gasteiger partial charge is 0.323 e. The van der Waals surface area contributed by atoms with Gasteiger partial charge in [0.25, 0.3) is 0 Å². The second-order valence-electron chi connectivity index (χ2n) is 6.10. The predicted octanol–water partition coefficient (Wildman–Crippen LogP) is 2.03. The van der Waals surface area contributed by atoms with Crippen molar-refractivity contribution in [1.82, 2.24) is 14.8 Å². The van der Waals surface area contributed by atoms with Gasteiger partial charge >= 0.3 is 6.03 Å². The normalized spacial score (nSPS) is 15.5. The van der Waals surface area contributed by atoms with Crippen LogP contribution in [-0.4, -0.2) is 53.9 Å². The molecule has 6 nitrogen and oxygen atoms in total. The van der Waals surface area contributed by atoms with Crippen molar-refractivity contribution in [2.45, 2.75) is 26.7 Å². The van der Waals surface area contributed by atoms with Crippen LogP contribution < -0.4 is 5.32 Å². The Morgan fingerprint density at radius 2 is 1.86 bits per heavy atom. The summed E-state index contributed by atoms with van der Waals surface area (Å²) in [5.41, 5.74) is 1.95. The Morgan fingerprint density at radius 1 is 1.23 bits per heavy atom. The summed E-state index contributed by atoms with van der Waals surface area (Å²) in [7, 11) is 3.54. The fraction of sp³-hybridized carbons (Fsp3) is 0.562. The van der Waals surface area contributed by atoms with E-state index in [9.17, 15) is 9.59 Å². The lowest BCUT2D eigenvalue weighted by Crippen LogP contribution is -2.44. The Morgan fingerprint density at radius 3 is 2.41 bits per heavy atom. The van der Waals surface area contributed by atoms with Gasteiger partial charge in [-0.15, -0.1) is 0 Å². The molecule has 22 heavy (non-hydrogen) atoms. The SMILES string of the molecule is Cc1cc(C)nc(NC(=O)N2CCC(C(=O)N(C)C)CC2)c1. The van der Waals surface area contributed by atoms with Crippen LogP contribution in [0.1, 0.15) is 24.1 Å². The summed E-state index contributed by atoms with van der Waals surface area (Å²) in [6, 6.07) is 3.68. The zero-order valence-corrected chi connectivity index (χ0v) is 13.7. The highest BCUT2D eigenvalue weighted by Gasteiger charge is 2.28. The molecule has 2 rings (SSSR count). The number of likely N-dealkylation sites (tertiary alicyclic amines) is 1. The number of hydrogen-bond donors (Lipinski definition) is 1. The van der Waals surface area contributed by atoms with Gasteiger partial charge in [-0.05, 0) is 44.4 Å². The first-order valence-corrected chi connectivity index (χ1v) is 7.59. The highest BCUT2D eigenvalue weighted by atomic mass is 16.2. The minimum Gasteiger partial charge on any atom is -0.349 e. The van der Waals surface area contributed by atoms with Crippen molar-refractivity contribution in [3.63, 3.8) is 0 Å². The van der Waals surface area contributed by atoms with Crippen LogP contribution in [-0.2, 0) is 4.79 Å². The molecule has 6 heteroatoms. The Kier molecular flexibility index (Phi) is 5.00. The Labute approximate surface area is 131 Å². The molecule has 1 aromatic rings. The van der Waals surface area contributed by atoms with Crippen molar-refractivity contribution in [3.8, 4) is 0 Å². The molecule has 120 valence electrons. The van der Waals surface area contributed by atoms with Crippen molar-refractivity contribution in [3.05, 3.63) is 23.4 Å². The first-order valence-electron chi connectivity index (χ1n) is 7.59. The average molecular weight is 304 g/mol. The van der Waals surface area contributed by atoms with E-state index in [-0.39, 0.29) is 17.9 Å². The highest BCUT2D eigenvalue weighted by molar-refractivity contribution is 5.88. The average Bonchev–Trinajstić information content (AvgIpc) is 2.45. The molecule has 0 aromatic carbocycles. The van der Waals surface area contributed by atoms with Crippen LogP contribution >= 0.6 is 0 Å². The van der Waals surface area contributed by atoms with Crippen LogP contribution in [0.25, 0.3) is 0 Å². The monoisotopic (exact) mass is 304 g/mol. The summed E-state index contributed by atoms with van der Waals surface area (Å²) in [5.74, 6) is 0.753. The first kappa shape index (κ1) is 16.3. The standard InChI is InChI=1S/C16H24N4O2/c1-11-9-12(2)17-14(10-11)18-16(22)20-7-5-13(6-8-20)15(21)19(3)4/h9-10,13H,5-8H2,1-4H3,(H,17,18,22). The molecule has 0 atom stereocenters. The second kappa shape index (κ2) is 6.77. The van der Waals surface area contributed by atoms with Gasteiger partial charge in [0.2, 0.25) is 5.91 Å². The van der Waals surface area contributed by atoms with Gasteiger partial charge in [-0.25, -0.2) is 9.78 Å². The molecule has 1 saturated heterocycles. The number of rotatable bonds is 2. The van der Waals surface area contributed by atoms with Crippen molar-refractivity contribution in [1.29, 1.82) is 0 Å². The maximum Gasteiger partial charge on any atom is 0.323 e. The van der Waals surface area contributed by atoms with Crippen molar-refractivity contribution in [2.24, 2.45) is 5.92 Å². The number of amides is 3. The number of aromatic nitrogens is 1. The Bertz CT molecular complexity index is 543. The predicted molar refractivity (Wildman–Crippen MR) is 85.7 cm³/mol. The molecular formula is C16H24N4O2. The van der Waals surface area contributed by atoms with Gasteiger partial charge in [0.1, 0.15) is 5.82 Å². The number of aryl methyl sites for hydroxylation is 2. The van der Waals surface area contributed by atoms with E-state index in [1.807, 2.05) is 26.0 Å². The van der Waals surface area contributed by atoms with Crippen LogP contribution in [0.4, 0.5) is 10.6 Å². The zero-order chi connectivity index (χ0) is 16.3. The summed E-state index contributed by atoms with van der Waals surface area (Å²) in [6.07, 6.45) is 1.43. The maximum absolute atomic E-state index is 12.3. The summed E-state index contributed by atoms with van der Waals surface area (Å²) < 4.78 is 0. The molecule has 0 saturated carbocycles. The number of nitrogens with one attached hydrogen (secondary N) is 1. The molecule has 1 fully saturated rings. The van der Waals surface area contributed by atoms with Crippen LogP contribution in [0.15, 0.2) is 12.1 Å². The second-order valence-corrected chi connectivity index (χ2v) is 6.10. The van der Waals surface area contributed by atoms with Crippen molar-refractivity contribution >= 4 is 17.8 Å². The number of anilines is 1. The number of urea groups is 1. The van der Waals surface area contributed by atoms with Gasteiger partial charge in [0, 0.05) is 38.8 Å². The van der Waals surface area contributed by atoms with E-state index in [1.165, 1.54) is 0 Å². The third kappa shape index (κ3) is 3.96. The molecule has 1 aliphatic heterocycles. The molecule has 0 aliphatic carbocycles. The topological polar surface area (TPSA) is 65.5 Å². The van der Waals surface area contributed by atoms with E-state index in [2.05, 4.69) is 10.3 Å². The molecule has 1 N–H and O–H groups in total. The molecule has 0 radical (unpaired) electrons. The molecule has 2 heterocycles. The van der Waals surface area contributed by atoms with Gasteiger partial charge in [-0.3, -0.25) is 10.1 Å². The Balaban J connectivity index is 1.91. The number of pyridine rings is 1. The molecule has 0 bridgehead atoms. The zero-order valence-electron chi connectivity index (χ0n) is 13.7. The lowest BCUT2D eigenvalue weighted by molar-refractivity contribution is -0.134. The van der Waals surface area contributed by atoms with E-state index in [1.54, 1.807) is 23.9 Å². The van der Waals surface area contributed by atoms with Gasteiger partial charge in [0.15, 0.2) is 0 Å². The molecule has 0 spiro atoms. The largest absolute Gasteiger partial charge is 0.349 e. The van der Waals surface area contributed by atoms with Crippen LogP contribution in [0, 0.1) is 19.8 Å².